The van der Waals surface area contributed by atoms with Crippen molar-refractivity contribution in [1.29, 1.82) is 0 Å². The number of ether oxygens (including phenoxy) is 1. The lowest BCUT2D eigenvalue weighted by Gasteiger charge is -2.24. The Hall–Kier alpha value is -2.84. The Morgan fingerprint density at radius 3 is 2.33 bits per heavy atom. The average Bonchev–Trinajstić information content (AvgIpc) is 2.73. The lowest BCUT2D eigenvalue weighted by Crippen LogP contribution is -2.38. The summed E-state index contributed by atoms with van der Waals surface area (Å²) in [6.45, 7) is 1.50. The van der Waals surface area contributed by atoms with Crippen LogP contribution in [0.1, 0.15) is 5.56 Å². The molecule has 1 amide bonds. The summed E-state index contributed by atoms with van der Waals surface area (Å²) in [4.78, 5) is 12.8. The van der Waals surface area contributed by atoms with Crippen molar-refractivity contribution < 1.29 is 17.9 Å². The Bertz CT molecular complexity index is 1130. The zero-order valence-corrected chi connectivity index (χ0v) is 18.9. The van der Waals surface area contributed by atoms with Gasteiger partial charge in [0.05, 0.1) is 17.7 Å². The summed E-state index contributed by atoms with van der Waals surface area (Å²) in [5, 5.41) is 2.73. The van der Waals surface area contributed by atoms with Crippen molar-refractivity contribution in [1.82, 2.24) is 0 Å². The van der Waals surface area contributed by atoms with Gasteiger partial charge in [-0.1, -0.05) is 39.7 Å². The van der Waals surface area contributed by atoms with E-state index in [-0.39, 0.29) is 11.4 Å². The Balaban J connectivity index is 1.92. The Morgan fingerprint density at radius 2 is 1.70 bits per heavy atom. The zero-order valence-electron chi connectivity index (χ0n) is 16.5. The van der Waals surface area contributed by atoms with Crippen LogP contribution in [-0.4, -0.2) is 28.0 Å². The minimum Gasteiger partial charge on any atom is -0.497 e. The number of nitrogens with zero attached hydrogens (tertiary/aromatic N) is 1. The molecule has 0 aliphatic heterocycles. The highest BCUT2D eigenvalue weighted by molar-refractivity contribution is 9.10. The number of hydrogen-bond donors (Lipinski definition) is 1. The number of carbonyl (C=O) groups is 1. The quantitative estimate of drug-likeness (QED) is 0.527. The Labute approximate surface area is 184 Å². The maximum Gasteiger partial charge on any atom is 0.264 e. The third kappa shape index (κ3) is 5.20. The first kappa shape index (κ1) is 21.9. The number of hydrogen-bond acceptors (Lipinski definition) is 4. The summed E-state index contributed by atoms with van der Waals surface area (Å²) >= 11 is 3.35. The van der Waals surface area contributed by atoms with Crippen LogP contribution in [0.3, 0.4) is 0 Å². The summed E-state index contributed by atoms with van der Waals surface area (Å²) in [6, 6.07) is 20.1. The van der Waals surface area contributed by atoms with Gasteiger partial charge in [-0.15, -0.1) is 0 Å². The van der Waals surface area contributed by atoms with Crippen LogP contribution in [0.4, 0.5) is 11.4 Å². The number of halogens is 1. The lowest BCUT2D eigenvalue weighted by molar-refractivity contribution is -0.114. The van der Waals surface area contributed by atoms with E-state index < -0.39 is 15.9 Å². The van der Waals surface area contributed by atoms with Gasteiger partial charge in [0.2, 0.25) is 5.91 Å². The summed E-state index contributed by atoms with van der Waals surface area (Å²) in [7, 11) is -2.42. The second-order valence-corrected chi connectivity index (χ2v) is 9.36. The molecule has 8 heteroatoms. The minimum atomic E-state index is -3.95. The highest BCUT2D eigenvalue weighted by atomic mass is 79.9. The average molecular weight is 489 g/mol. The molecule has 0 radical (unpaired) electrons. The van der Waals surface area contributed by atoms with Crippen molar-refractivity contribution in [3.05, 3.63) is 82.8 Å². The number of sulfonamides is 1. The Kier molecular flexibility index (Phi) is 6.79. The third-order valence-electron chi connectivity index (χ3n) is 4.36. The largest absolute Gasteiger partial charge is 0.497 e. The molecule has 0 aliphatic carbocycles. The van der Waals surface area contributed by atoms with E-state index in [4.69, 9.17) is 4.74 Å². The number of amides is 1. The van der Waals surface area contributed by atoms with Crippen molar-refractivity contribution >= 4 is 43.2 Å². The normalized spacial score (nSPS) is 11.0. The summed E-state index contributed by atoms with van der Waals surface area (Å²) < 4.78 is 33.7. The lowest BCUT2D eigenvalue weighted by atomic mass is 10.2. The highest BCUT2D eigenvalue weighted by Crippen LogP contribution is 2.26. The number of nitrogens with one attached hydrogen (secondary N) is 1. The van der Waals surface area contributed by atoms with E-state index in [9.17, 15) is 13.2 Å². The molecule has 0 saturated heterocycles. The number of rotatable bonds is 7. The van der Waals surface area contributed by atoms with Crippen LogP contribution in [0.5, 0.6) is 5.75 Å². The first-order valence-electron chi connectivity index (χ1n) is 9.08. The van der Waals surface area contributed by atoms with Gasteiger partial charge in [0.1, 0.15) is 12.3 Å². The van der Waals surface area contributed by atoms with Crippen LogP contribution in [0.2, 0.25) is 0 Å². The molecule has 156 valence electrons. The van der Waals surface area contributed by atoms with Crippen molar-refractivity contribution in [3.63, 3.8) is 0 Å². The standard InChI is InChI=1S/C22H21BrN2O4S/c1-16-6-12-21(13-7-16)30(27,28)25(19-10-8-17(23)9-11-19)15-22(26)24-18-4-3-5-20(14-18)29-2/h3-14H,15H2,1-2H3,(H,24,26). The molecule has 3 aromatic carbocycles. The molecule has 3 aromatic rings. The smallest absolute Gasteiger partial charge is 0.264 e. The summed E-state index contributed by atoms with van der Waals surface area (Å²) in [5.74, 6) is 0.117. The molecule has 0 bridgehead atoms. The molecule has 0 aliphatic rings. The molecule has 30 heavy (non-hydrogen) atoms. The number of methoxy groups -OCH3 is 1. The highest BCUT2D eigenvalue weighted by Gasteiger charge is 2.27. The monoisotopic (exact) mass is 488 g/mol. The van der Waals surface area contributed by atoms with Crippen molar-refractivity contribution in [2.45, 2.75) is 11.8 Å². The topological polar surface area (TPSA) is 75.7 Å². The molecule has 0 heterocycles. The number of carbonyl (C=O) groups excluding carboxylic acids is 1. The molecule has 3 rings (SSSR count). The van der Waals surface area contributed by atoms with Crippen LogP contribution < -0.4 is 14.4 Å². The minimum absolute atomic E-state index is 0.116. The van der Waals surface area contributed by atoms with Crippen LogP contribution in [0, 0.1) is 6.92 Å². The second-order valence-electron chi connectivity index (χ2n) is 6.58. The van der Waals surface area contributed by atoms with Crippen LogP contribution >= 0.6 is 15.9 Å². The van der Waals surface area contributed by atoms with Gasteiger partial charge in [-0.25, -0.2) is 8.42 Å². The van der Waals surface area contributed by atoms with Gasteiger partial charge in [-0.3, -0.25) is 9.10 Å². The fourth-order valence-corrected chi connectivity index (χ4v) is 4.48. The van der Waals surface area contributed by atoms with Gasteiger partial charge in [0.25, 0.3) is 10.0 Å². The molecule has 1 N–H and O–H groups in total. The van der Waals surface area contributed by atoms with E-state index in [2.05, 4.69) is 21.2 Å². The predicted molar refractivity (Wildman–Crippen MR) is 121 cm³/mol. The molecule has 6 nitrogen and oxygen atoms in total. The molecular weight excluding hydrogens is 468 g/mol. The molecule has 0 unspecified atom stereocenters. The molecule has 0 fully saturated rings. The third-order valence-corrected chi connectivity index (χ3v) is 6.68. The van der Waals surface area contributed by atoms with Crippen molar-refractivity contribution in [2.24, 2.45) is 0 Å². The van der Waals surface area contributed by atoms with Crippen LogP contribution in [0.15, 0.2) is 82.2 Å². The van der Waals surface area contributed by atoms with Gasteiger partial charge < -0.3 is 10.1 Å². The van der Waals surface area contributed by atoms with E-state index in [0.717, 1.165) is 14.3 Å². The van der Waals surface area contributed by atoms with Crippen molar-refractivity contribution in [2.75, 3.05) is 23.3 Å². The van der Waals surface area contributed by atoms with E-state index in [1.807, 2.05) is 6.92 Å². The predicted octanol–water partition coefficient (Wildman–Crippen LogP) is 4.60. The summed E-state index contributed by atoms with van der Waals surface area (Å²) in [5.41, 5.74) is 1.85. The molecule has 0 atom stereocenters. The fraction of sp³-hybridized carbons (Fsp3) is 0.136. The zero-order chi connectivity index (χ0) is 21.7. The second kappa shape index (κ2) is 9.32. The maximum atomic E-state index is 13.3. The first-order chi connectivity index (χ1) is 14.3. The molecule has 0 saturated carbocycles. The van der Waals surface area contributed by atoms with Crippen molar-refractivity contribution in [3.8, 4) is 5.75 Å². The SMILES string of the molecule is COc1cccc(NC(=O)CN(c2ccc(Br)cc2)S(=O)(=O)c2ccc(C)cc2)c1. The van der Waals surface area contributed by atoms with E-state index in [1.165, 1.54) is 19.2 Å². The van der Waals surface area contributed by atoms with Gasteiger partial charge in [-0.2, -0.15) is 0 Å². The molecule has 0 spiro atoms. The maximum absolute atomic E-state index is 13.3. The van der Waals surface area contributed by atoms with E-state index >= 15 is 0 Å². The van der Waals surface area contributed by atoms with Crippen LogP contribution in [-0.2, 0) is 14.8 Å². The first-order valence-corrected chi connectivity index (χ1v) is 11.3. The van der Waals surface area contributed by atoms with E-state index in [1.54, 1.807) is 60.7 Å². The molecular formula is C22H21BrN2O4S. The van der Waals surface area contributed by atoms with Gasteiger partial charge in [-0.05, 0) is 55.5 Å². The fourth-order valence-electron chi connectivity index (χ4n) is 2.79. The number of aryl methyl sites for hydroxylation is 1. The Morgan fingerprint density at radius 1 is 1.03 bits per heavy atom. The summed E-state index contributed by atoms with van der Waals surface area (Å²) in [6.07, 6.45) is 0. The van der Waals surface area contributed by atoms with Gasteiger partial charge in [0.15, 0.2) is 0 Å². The molecule has 0 aromatic heterocycles. The van der Waals surface area contributed by atoms with Crippen LogP contribution in [0.25, 0.3) is 0 Å². The number of anilines is 2. The van der Waals surface area contributed by atoms with Gasteiger partial charge >= 0.3 is 0 Å². The number of benzene rings is 3. The van der Waals surface area contributed by atoms with Gasteiger partial charge in [0, 0.05) is 16.2 Å². The van der Waals surface area contributed by atoms with E-state index in [0.29, 0.717) is 17.1 Å².